The van der Waals surface area contributed by atoms with Gasteiger partial charge in [-0.3, -0.25) is 14.7 Å². The lowest BCUT2D eigenvalue weighted by atomic mass is 9.80. The van der Waals surface area contributed by atoms with Crippen LogP contribution >= 0.6 is 11.6 Å². The molecule has 2 aliphatic heterocycles. The standard InChI is InChI=1S/C30H36ClN3O2/c1-20-7-8-22(17-28(20)31)16-23-9-12-34(18-24(23)19-35)25-10-13-33(14-11-25)30(36)27-15-21(2)32-29-6-4-3-5-26(27)29/h3-8,15,17,23-25,35H,9-14,16,18-19H2,1-2H3/t23?,24-/m0/s1. The highest BCUT2D eigenvalue weighted by Gasteiger charge is 2.34. The molecule has 0 radical (unpaired) electrons. The lowest BCUT2D eigenvalue weighted by molar-refractivity contribution is 0.0242. The van der Waals surface area contributed by atoms with Gasteiger partial charge in [0.15, 0.2) is 0 Å². The van der Waals surface area contributed by atoms with Gasteiger partial charge in [-0.2, -0.15) is 0 Å². The fourth-order valence-corrected chi connectivity index (χ4v) is 6.27. The van der Waals surface area contributed by atoms with Crippen molar-refractivity contribution in [1.29, 1.82) is 0 Å². The number of nitrogens with zero attached hydrogens (tertiary/aromatic N) is 3. The average Bonchev–Trinajstić information content (AvgIpc) is 2.90. The van der Waals surface area contributed by atoms with Crippen molar-refractivity contribution < 1.29 is 9.90 Å². The summed E-state index contributed by atoms with van der Waals surface area (Å²) < 4.78 is 0. The third-order valence-corrected chi connectivity index (χ3v) is 8.64. The molecule has 0 saturated carbocycles. The van der Waals surface area contributed by atoms with Crippen molar-refractivity contribution in [2.45, 2.75) is 45.6 Å². The van der Waals surface area contributed by atoms with Crippen LogP contribution in [0.1, 0.15) is 46.4 Å². The number of piperidine rings is 2. The number of carbonyl (C=O) groups is 1. The number of aliphatic hydroxyl groups excluding tert-OH is 1. The molecule has 5 nitrogen and oxygen atoms in total. The smallest absolute Gasteiger partial charge is 0.254 e. The number of aliphatic hydroxyl groups is 1. The second-order valence-corrected chi connectivity index (χ2v) is 11.0. The molecule has 1 N–H and O–H groups in total. The Kier molecular flexibility index (Phi) is 7.61. The van der Waals surface area contributed by atoms with Gasteiger partial charge in [0.1, 0.15) is 0 Å². The molecule has 3 heterocycles. The molecule has 190 valence electrons. The normalized spacial score (nSPS) is 21.7. The van der Waals surface area contributed by atoms with E-state index in [-0.39, 0.29) is 18.4 Å². The summed E-state index contributed by atoms with van der Waals surface area (Å²) >= 11 is 6.35. The minimum Gasteiger partial charge on any atom is -0.396 e. The van der Waals surface area contributed by atoms with Crippen molar-refractivity contribution in [2.24, 2.45) is 11.8 Å². The second kappa shape index (κ2) is 10.9. The molecule has 2 aliphatic rings. The molecule has 1 amide bonds. The van der Waals surface area contributed by atoms with Crippen LogP contribution in [0, 0.1) is 25.7 Å². The van der Waals surface area contributed by atoms with Gasteiger partial charge in [0.2, 0.25) is 0 Å². The summed E-state index contributed by atoms with van der Waals surface area (Å²) in [5, 5.41) is 11.9. The van der Waals surface area contributed by atoms with Crippen LogP contribution in [0.25, 0.3) is 10.9 Å². The zero-order valence-corrected chi connectivity index (χ0v) is 22.0. The maximum absolute atomic E-state index is 13.5. The molecule has 36 heavy (non-hydrogen) atoms. The number of pyridine rings is 1. The summed E-state index contributed by atoms with van der Waals surface area (Å²) in [6, 6.07) is 16.6. The Hall–Kier alpha value is -2.47. The first kappa shape index (κ1) is 25.2. The molecular formula is C30H36ClN3O2. The number of aromatic nitrogens is 1. The number of para-hydroxylation sites is 1. The van der Waals surface area contributed by atoms with E-state index in [0.29, 0.717) is 12.0 Å². The second-order valence-electron chi connectivity index (χ2n) is 10.6. The van der Waals surface area contributed by atoms with Gasteiger partial charge >= 0.3 is 0 Å². The Morgan fingerprint density at radius 2 is 1.81 bits per heavy atom. The van der Waals surface area contributed by atoms with Crippen LogP contribution in [0.5, 0.6) is 0 Å². The summed E-state index contributed by atoms with van der Waals surface area (Å²) in [6.45, 7) is 7.70. The molecule has 5 rings (SSSR count). The predicted molar refractivity (Wildman–Crippen MR) is 146 cm³/mol. The molecule has 0 aliphatic carbocycles. The minimum atomic E-state index is 0.110. The number of halogens is 1. The molecule has 6 heteroatoms. The lowest BCUT2D eigenvalue weighted by Crippen LogP contribution is -2.52. The number of amides is 1. The topological polar surface area (TPSA) is 56.7 Å². The summed E-state index contributed by atoms with van der Waals surface area (Å²) in [4.78, 5) is 22.6. The van der Waals surface area contributed by atoms with Crippen LogP contribution in [-0.2, 0) is 6.42 Å². The van der Waals surface area contributed by atoms with Gasteiger partial charge in [0.05, 0.1) is 11.1 Å². The van der Waals surface area contributed by atoms with Gasteiger partial charge in [0.25, 0.3) is 5.91 Å². The van der Waals surface area contributed by atoms with E-state index in [1.54, 1.807) is 0 Å². The Morgan fingerprint density at radius 3 is 2.56 bits per heavy atom. The van der Waals surface area contributed by atoms with E-state index in [1.807, 2.05) is 49.1 Å². The van der Waals surface area contributed by atoms with Crippen LogP contribution in [-0.4, -0.2) is 64.6 Å². The summed E-state index contributed by atoms with van der Waals surface area (Å²) in [7, 11) is 0. The summed E-state index contributed by atoms with van der Waals surface area (Å²) in [5.74, 6) is 0.846. The zero-order valence-electron chi connectivity index (χ0n) is 21.3. The Morgan fingerprint density at radius 1 is 1.03 bits per heavy atom. The predicted octanol–water partition coefficient (Wildman–Crippen LogP) is 5.28. The molecular weight excluding hydrogens is 470 g/mol. The first-order valence-corrected chi connectivity index (χ1v) is 13.6. The van der Waals surface area contributed by atoms with E-state index in [0.717, 1.165) is 84.6 Å². The average molecular weight is 506 g/mol. The van der Waals surface area contributed by atoms with Crippen molar-refractivity contribution in [3.8, 4) is 0 Å². The summed E-state index contributed by atoms with van der Waals surface area (Å²) in [5.41, 5.74) is 4.87. The third kappa shape index (κ3) is 5.29. The summed E-state index contributed by atoms with van der Waals surface area (Å²) in [6.07, 6.45) is 4.00. The maximum Gasteiger partial charge on any atom is 0.254 e. The quantitative estimate of drug-likeness (QED) is 0.512. The molecule has 1 aromatic heterocycles. The number of hydrogen-bond acceptors (Lipinski definition) is 4. The monoisotopic (exact) mass is 505 g/mol. The highest BCUT2D eigenvalue weighted by Crippen LogP contribution is 2.32. The lowest BCUT2D eigenvalue weighted by Gasteiger charge is -2.44. The minimum absolute atomic E-state index is 0.110. The number of aryl methyl sites for hydroxylation is 2. The SMILES string of the molecule is Cc1cc(C(=O)N2CCC(N3CCC(Cc4ccc(C)c(Cl)c4)[C@H](CO)C3)CC2)c2ccccc2n1. The van der Waals surface area contributed by atoms with E-state index >= 15 is 0 Å². The van der Waals surface area contributed by atoms with E-state index in [1.165, 1.54) is 5.56 Å². The molecule has 0 spiro atoms. The molecule has 3 aromatic rings. The molecule has 2 atom stereocenters. The number of likely N-dealkylation sites (tertiary alicyclic amines) is 2. The molecule has 2 saturated heterocycles. The number of carbonyl (C=O) groups excluding carboxylic acids is 1. The zero-order chi connectivity index (χ0) is 25.2. The van der Waals surface area contributed by atoms with Gasteiger partial charge in [-0.25, -0.2) is 0 Å². The van der Waals surface area contributed by atoms with E-state index < -0.39 is 0 Å². The highest BCUT2D eigenvalue weighted by molar-refractivity contribution is 6.31. The first-order chi connectivity index (χ1) is 17.4. The van der Waals surface area contributed by atoms with Crippen LogP contribution in [0.15, 0.2) is 48.5 Å². The fourth-order valence-electron chi connectivity index (χ4n) is 6.07. The Bertz CT molecular complexity index is 1240. The first-order valence-electron chi connectivity index (χ1n) is 13.2. The van der Waals surface area contributed by atoms with Crippen molar-refractivity contribution in [2.75, 3.05) is 32.8 Å². The molecule has 0 bridgehead atoms. The van der Waals surface area contributed by atoms with Gasteiger partial charge < -0.3 is 10.0 Å². The van der Waals surface area contributed by atoms with Crippen LogP contribution in [0.2, 0.25) is 5.02 Å². The van der Waals surface area contributed by atoms with Gasteiger partial charge in [-0.1, -0.05) is 41.9 Å². The van der Waals surface area contributed by atoms with Crippen LogP contribution in [0.4, 0.5) is 0 Å². The van der Waals surface area contributed by atoms with Crippen molar-refractivity contribution >= 4 is 28.4 Å². The largest absolute Gasteiger partial charge is 0.396 e. The highest BCUT2D eigenvalue weighted by atomic mass is 35.5. The number of benzene rings is 2. The fraction of sp³-hybridized carbons (Fsp3) is 0.467. The number of hydrogen-bond donors (Lipinski definition) is 1. The Balaban J connectivity index is 1.19. The number of rotatable bonds is 5. The van der Waals surface area contributed by atoms with Crippen molar-refractivity contribution in [3.05, 3.63) is 75.9 Å². The molecule has 1 unspecified atom stereocenters. The van der Waals surface area contributed by atoms with Crippen LogP contribution in [0.3, 0.4) is 0 Å². The maximum atomic E-state index is 13.5. The van der Waals surface area contributed by atoms with Crippen molar-refractivity contribution in [3.63, 3.8) is 0 Å². The van der Waals surface area contributed by atoms with Gasteiger partial charge in [-0.05, 0) is 87.2 Å². The molecule has 2 aromatic carbocycles. The van der Waals surface area contributed by atoms with E-state index in [9.17, 15) is 9.90 Å². The third-order valence-electron chi connectivity index (χ3n) is 8.23. The van der Waals surface area contributed by atoms with E-state index in [2.05, 4.69) is 28.1 Å². The molecule has 2 fully saturated rings. The Labute approximate surface area is 219 Å². The number of fused-ring (bicyclic) bond motifs is 1. The van der Waals surface area contributed by atoms with Gasteiger partial charge in [0, 0.05) is 48.4 Å². The van der Waals surface area contributed by atoms with E-state index in [4.69, 9.17) is 11.6 Å². The van der Waals surface area contributed by atoms with Crippen LogP contribution < -0.4 is 0 Å². The van der Waals surface area contributed by atoms with Crippen molar-refractivity contribution in [1.82, 2.24) is 14.8 Å². The van der Waals surface area contributed by atoms with Gasteiger partial charge in [-0.15, -0.1) is 0 Å².